The van der Waals surface area contributed by atoms with Crippen LogP contribution in [0.4, 0.5) is 0 Å². The van der Waals surface area contributed by atoms with Gasteiger partial charge in [0.25, 0.3) is 5.91 Å². The lowest BCUT2D eigenvalue weighted by atomic mass is 10.2. The van der Waals surface area contributed by atoms with E-state index < -0.39 is 5.91 Å². The normalized spacial score (nSPS) is 11.1. The summed E-state index contributed by atoms with van der Waals surface area (Å²) in [5.41, 5.74) is 0.426. The summed E-state index contributed by atoms with van der Waals surface area (Å²) >= 11 is 0. The molecule has 0 bridgehead atoms. The van der Waals surface area contributed by atoms with Crippen LogP contribution in [-0.2, 0) is 16.1 Å². The molecule has 0 saturated carbocycles. The zero-order valence-corrected chi connectivity index (χ0v) is 10.4. The minimum absolute atomic E-state index is 0.00490. The second-order valence-electron chi connectivity index (χ2n) is 3.52. The highest BCUT2D eigenvalue weighted by Crippen LogP contribution is 2.12. The molecular weight excluding hydrogens is 234 g/mol. The molecule has 96 valence electrons. The summed E-state index contributed by atoms with van der Waals surface area (Å²) in [5, 5.41) is 11.6. The Bertz CT molecular complexity index is 471. The molecule has 0 saturated heterocycles. The Morgan fingerprint density at radius 1 is 1.72 bits per heavy atom. The average molecular weight is 249 g/mol. The quantitative estimate of drug-likeness (QED) is 0.605. The summed E-state index contributed by atoms with van der Waals surface area (Å²) in [4.78, 5) is 15.6. The molecule has 18 heavy (non-hydrogen) atoms. The SMILES string of the molecule is CCCNC(=O)/C(C#N)=C/c1ncoc1COC. The number of amides is 1. The number of oxazole rings is 1. The second kappa shape index (κ2) is 7.25. The summed E-state index contributed by atoms with van der Waals surface area (Å²) in [6.45, 7) is 2.70. The maximum Gasteiger partial charge on any atom is 0.262 e. The van der Waals surface area contributed by atoms with Crippen LogP contribution in [0.2, 0.25) is 0 Å². The van der Waals surface area contributed by atoms with Crippen LogP contribution in [0.1, 0.15) is 24.8 Å². The molecule has 0 atom stereocenters. The van der Waals surface area contributed by atoms with Crippen molar-refractivity contribution in [3.8, 4) is 6.07 Å². The van der Waals surface area contributed by atoms with E-state index in [1.807, 2.05) is 13.0 Å². The van der Waals surface area contributed by atoms with Gasteiger partial charge in [-0.05, 0) is 12.5 Å². The van der Waals surface area contributed by atoms with Gasteiger partial charge in [0.2, 0.25) is 0 Å². The summed E-state index contributed by atoms with van der Waals surface area (Å²) in [7, 11) is 1.52. The minimum Gasteiger partial charge on any atom is -0.445 e. The lowest BCUT2D eigenvalue weighted by molar-refractivity contribution is -0.117. The average Bonchev–Trinajstić information content (AvgIpc) is 2.81. The molecule has 6 nitrogen and oxygen atoms in total. The van der Waals surface area contributed by atoms with Crippen molar-refractivity contribution in [2.24, 2.45) is 0 Å². The summed E-state index contributed by atoms with van der Waals surface area (Å²) < 4.78 is 10.0. The van der Waals surface area contributed by atoms with Crippen molar-refractivity contribution in [1.29, 1.82) is 5.26 Å². The molecule has 1 heterocycles. The van der Waals surface area contributed by atoms with Crippen molar-refractivity contribution in [1.82, 2.24) is 10.3 Å². The lowest BCUT2D eigenvalue weighted by Gasteiger charge is -2.01. The third kappa shape index (κ3) is 3.71. The number of ether oxygens (including phenoxy) is 1. The predicted octanol–water partition coefficient (Wildman–Crippen LogP) is 1.25. The van der Waals surface area contributed by atoms with Gasteiger partial charge < -0.3 is 14.5 Å². The van der Waals surface area contributed by atoms with Crippen LogP contribution in [0.3, 0.4) is 0 Å². The standard InChI is InChI=1S/C12H15N3O3/c1-3-4-14-12(16)9(6-13)5-10-11(7-17-2)18-8-15-10/h5,8H,3-4,7H2,1-2H3,(H,14,16)/b9-5+. The first-order chi connectivity index (χ1) is 8.72. The molecule has 0 aliphatic heterocycles. The van der Waals surface area contributed by atoms with Crippen molar-refractivity contribution in [2.45, 2.75) is 20.0 Å². The first-order valence-corrected chi connectivity index (χ1v) is 5.54. The molecule has 1 N–H and O–H groups in total. The van der Waals surface area contributed by atoms with E-state index >= 15 is 0 Å². The Morgan fingerprint density at radius 2 is 2.50 bits per heavy atom. The lowest BCUT2D eigenvalue weighted by Crippen LogP contribution is -2.25. The van der Waals surface area contributed by atoms with Gasteiger partial charge in [-0.25, -0.2) is 4.98 Å². The van der Waals surface area contributed by atoms with E-state index in [0.29, 0.717) is 18.0 Å². The number of methoxy groups -OCH3 is 1. The summed E-state index contributed by atoms with van der Waals surface area (Å²) in [6, 6.07) is 1.84. The van der Waals surface area contributed by atoms with Crippen LogP contribution in [0.5, 0.6) is 0 Å². The molecule has 0 fully saturated rings. The summed E-state index contributed by atoms with van der Waals surface area (Å²) in [5.74, 6) is 0.0688. The van der Waals surface area contributed by atoms with E-state index in [0.717, 1.165) is 6.42 Å². The maximum atomic E-state index is 11.6. The molecule has 1 aromatic heterocycles. The fraction of sp³-hybridized carbons (Fsp3) is 0.417. The molecule has 1 aromatic rings. The van der Waals surface area contributed by atoms with Crippen molar-refractivity contribution >= 4 is 12.0 Å². The van der Waals surface area contributed by atoms with Crippen molar-refractivity contribution < 1.29 is 13.9 Å². The molecule has 1 amide bonds. The van der Waals surface area contributed by atoms with E-state index in [4.69, 9.17) is 14.4 Å². The van der Waals surface area contributed by atoms with Gasteiger partial charge in [0, 0.05) is 13.7 Å². The number of nitrogens with zero attached hydrogens (tertiary/aromatic N) is 2. The van der Waals surface area contributed by atoms with Gasteiger partial charge in [0.15, 0.2) is 12.2 Å². The minimum atomic E-state index is -0.411. The molecular formula is C12H15N3O3. The predicted molar refractivity (Wildman–Crippen MR) is 64.1 cm³/mol. The Balaban J connectivity index is 2.87. The van der Waals surface area contributed by atoms with Gasteiger partial charge >= 0.3 is 0 Å². The molecule has 0 aliphatic carbocycles. The van der Waals surface area contributed by atoms with Gasteiger partial charge in [0.05, 0.1) is 0 Å². The van der Waals surface area contributed by atoms with Crippen LogP contribution >= 0.6 is 0 Å². The maximum absolute atomic E-state index is 11.6. The Labute approximate surface area is 105 Å². The zero-order valence-electron chi connectivity index (χ0n) is 10.4. The van der Waals surface area contributed by atoms with E-state index in [1.54, 1.807) is 0 Å². The molecule has 6 heteroatoms. The first-order valence-electron chi connectivity index (χ1n) is 5.54. The van der Waals surface area contributed by atoms with Crippen molar-refractivity contribution in [3.05, 3.63) is 23.4 Å². The van der Waals surface area contributed by atoms with Crippen LogP contribution in [-0.4, -0.2) is 24.5 Å². The van der Waals surface area contributed by atoms with Gasteiger partial charge in [-0.3, -0.25) is 4.79 Å². The van der Waals surface area contributed by atoms with Gasteiger partial charge in [-0.15, -0.1) is 0 Å². The van der Waals surface area contributed by atoms with Crippen molar-refractivity contribution in [2.75, 3.05) is 13.7 Å². The monoisotopic (exact) mass is 249 g/mol. The number of hydrogen-bond acceptors (Lipinski definition) is 5. The molecule has 1 rings (SSSR count). The van der Waals surface area contributed by atoms with Gasteiger partial charge in [-0.1, -0.05) is 6.92 Å². The smallest absolute Gasteiger partial charge is 0.262 e. The van der Waals surface area contributed by atoms with Crippen LogP contribution in [0, 0.1) is 11.3 Å². The molecule has 0 aliphatic rings. The van der Waals surface area contributed by atoms with Crippen LogP contribution in [0.15, 0.2) is 16.4 Å². The Morgan fingerprint density at radius 3 is 3.11 bits per heavy atom. The third-order valence-corrected chi connectivity index (χ3v) is 2.13. The van der Waals surface area contributed by atoms with Gasteiger partial charge in [-0.2, -0.15) is 5.26 Å². The third-order valence-electron chi connectivity index (χ3n) is 2.13. The Hall–Kier alpha value is -2.13. The summed E-state index contributed by atoms with van der Waals surface area (Å²) in [6.07, 6.45) is 3.45. The number of nitrogens with one attached hydrogen (secondary N) is 1. The number of hydrogen-bond donors (Lipinski definition) is 1. The largest absolute Gasteiger partial charge is 0.445 e. The fourth-order valence-electron chi connectivity index (χ4n) is 1.26. The van der Waals surface area contributed by atoms with E-state index in [9.17, 15) is 4.79 Å². The highest BCUT2D eigenvalue weighted by Gasteiger charge is 2.12. The molecule has 0 spiro atoms. The number of carbonyl (C=O) groups excluding carboxylic acids is 1. The van der Waals surface area contributed by atoms with E-state index in [-0.39, 0.29) is 12.2 Å². The fourth-order valence-corrected chi connectivity index (χ4v) is 1.26. The van der Waals surface area contributed by atoms with Crippen LogP contribution < -0.4 is 5.32 Å². The number of aromatic nitrogens is 1. The van der Waals surface area contributed by atoms with E-state index in [1.165, 1.54) is 19.6 Å². The molecule has 0 radical (unpaired) electrons. The molecule has 0 aromatic carbocycles. The van der Waals surface area contributed by atoms with Crippen LogP contribution in [0.25, 0.3) is 6.08 Å². The highest BCUT2D eigenvalue weighted by molar-refractivity contribution is 6.01. The zero-order chi connectivity index (χ0) is 13.4. The topological polar surface area (TPSA) is 88.2 Å². The molecule has 0 unspecified atom stereocenters. The highest BCUT2D eigenvalue weighted by atomic mass is 16.5. The van der Waals surface area contributed by atoms with E-state index in [2.05, 4.69) is 10.3 Å². The van der Waals surface area contributed by atoms with Gasteiger partial charge in [0.1, 0.15) is 23.9 Å². The first kappa shape index (κ1) is 13.9. The van der Waals surface area contributed by atoms with Crippen molar-refractivity contribution in [3.63, 3.8) is 0 Å². The number of carbonyl (C=O) groups is 1. The number of rotatable bonds is 6. The Kier molecular flexibility index (Phi) is 5.61. The second-order valence-corrected chi connectivity index (χ2v) is 3.52. The number of nitriles is 1.